The molecule has 0 atom stereocenters. The molecule has 1 aromatic carbocycles. The summed E-state index contributed by atoms with van der Waals surface area (Å²) >= 11 is 0. The minimum absolute atomic E-state index is 0.0485. The molecule has 0 spiro atoms. The highest BCUT2D eigenvalue weighted by Gasteiger charge is 2.14. The highest BCUT2D eigenvalue weighted by atomic mass is 19.3. The van der Waals surface area contributed by atoms with Crippen LogP contribution in [0.4, 0.5) is 8.78 Å². The van der Waals surface area contributed by atoms with Crippen molar-refractivity contribution in [3.63, 3.8) is 0 Å². The predicted molar refractivity (Wildman–Crippen MR) is 63.8 cm³/mol. The Morgan fingerprint density at radius 3 is 2.56 bits per heavy atom. The Labute approximate surface area is 103 Å². The minimum atomic E-state index is -2.52. The van der Waals surface area contributed by atoms with E-state index in [4.69, 9.17) is 0 Å². The maximum Gasteiger partial charge on any atom is 0.264 e. The first-order chi connectivity index (χ1) is 8.59. The van der Waals surface area contributed by atoms with Gasteiger partial charge in [0.25, 0.3) is 6.43 Å². The number of halogens is 2. The van der Waals surface area contributed by atoms with Crippen LogP contribution in [0.2, 0.25) is 0 Å². The summed E-state index contributed by atoms with van der Waals surface area (Å²) < 4.78 is 25.2. The number of carbonyl (C=O) groups is 1. The molecule has 0 bridgehead atoms. The Kier molecular flexibility index (Phi) is 3.46. The Morgan fingerprint density at radius 1 is 1.22 bits per heavy atom. The molecule has 0 N–H and O–H groups in total. The van der Waals surface area contributed by atoms with Gasteiger partial charge in [0.2, 0.25) is 5.78 Å². The molecule has 0 fully saturated rings. The average Bonchev–Trinajstić information content (AvgIpc) is 2.38. The maximum absolute atomic E-state index is 12.6. The molecular weight excluding hydrogens is 236 g/mol. The van der Waals surface area contributed by atoms with Crippen LogP contribution in [0.3, 0.4) is 0 Å². The Hall–Kier alpha value is -2.10. The van der Waals surface area contributed by atoms with Crippen molar-refractivity contribution in [1.82, 2.24) is 4.98 Å². The number of carbonyl (C=O) groups excluding carboxylic acids is 1. The number of hydrogen-bond donors (Lipinski definition) is 0. The molecule has 0 radical (unpaired) electrons. The van der Waals surface area contributed by atoms with Crippen molar-refractivity contribution < 1.29 is 13.6 Å². The zero-order valence-electron chi connectivity index (χ0n) is 9.73. The molecular formula is C14H11F2NO. The lowest BCUT2D eigenvalue weighted by Gasteiger charge is -2.06. The van der Waals surface area contributed by atoms with E-state index in [9.17, 15) is 13.6 Å². The van der Waals surface area contributed by atoms with E-state index >= 15 is 0 Å². The zero-order valence-corrected chi connectivity index (χ0v) is 9.73. The van der Waals surface area contributed by atoms with Crippen LogP contribution in [-0.2, 0) is 0 Å². The van der Waals surface area contributed by atoms with Gasteiger partial charge in [-0.05, 0) is 30.7 Å². The van der Waals surface area contributed by atoms with Crippen molar-refractivity contribution >= 4 is 5.78 Å². The van der Waals surface area contributed by atoms with Gasteiger partial charge in [-0.15, -0.1) is 0 Å². The van der Waals surface area contributed by atoms with E-state index in [0.29, 0.717) is 16.8 Å². The van der Waals surface area contributed by atoms with Crippen LogP contribution in [-0.4, -0.2) is 10.8 Å². The third kappa shape index (κ3) is 2.42. The van der Waals surface area contributed by atoms with Gasteiger partial charge in [0.05, 0.1) is 0 Å². The highest BCUT2D eigenvalue weighted by molar-refractivity contribution is 6.07. The number of aromatic nitrogens is 1. The lowest BCUT2D eigenvalue weighted by Crippen LogP contribution is -2.04. The Bertz CT molecular complexity index is 567. The van der Waals surface area contributed by atoms with Gasteiger partial charge in [-0.1, -0.05) is 18.2 Å². The minimum Gasteiger partial charge on any atom is -0.287 e. The molecule has 2 aromatic rings. The molecule has 0 saturated heterocycles. The number of hydrogen-bond acceptors (Lipinski definition) is 2. The van der Waals surface area contributed by atoms with Crippen molar-refractivity contribution in [1.29, 1.82) is 0 Å². The van der Waals surface area contributed by atoms with Crippen LogP contribution in [0.15, 0.2) is 42.6 Å². The standard InChI is InChI=1S/C14H11F2NO/c1-9-8-10(5-6-11(9)14(15)16)13(18)12-4-2-3-7-17-12/h2-8,14H,1H3. The third-order valence-corrected chi connectivity index (χ3v) is 2.66. The van der Waals surface area contributed by atoms with Gasteiger partial charge in [0.15, 0.2) is 0 Å². The van der Waals surface area contributed by atoms with Crippen LogP contribution in [0.25, 0.3) is 0 Å². The van der Waals surface area contributed by atoms with E-state index in [1.807, 2.05) is 0 Å². The first-order valence-corrected chi connectivity index (χ1v) is 5.44. The molecule has 4 heteroatoms. The number of pyridine rings is 1. The first-order valence-electron chi connectivity index (χ1n) is 5.44. The molecule has 18 heavy (non-hydrogen) atoms. The summed E-state index contributed by atoms with van der Waals surface area (Å²) in [5, 5.41) is 0. The number of benzene rings is 1. The molecule has 0 unspecified atom stereocenters. The fraction of sp³-hybridized carbons (Fsp3) is 0.143. The van der Waals surface area contributed by atoms with Gasteiger partial charge >= 0.3 is 0 Å². The molecule has 92 valence electrons. The van der Waals surface area contributed by atoms with Crippen LogP contribution in [0, 0.1) is 6.92 Å². The highest BCUT2D eigenvalue weighted by Crippen LogP contribution is 2.23. The van der Waals surface area contributed by atoms with Crippen molar-refractivity contribution in [2.24, 2.45) is 0 Å². The van der Waals surface area contributed by atoms with Crippen molar-refractivity contribution in [3.8, 4) is 0 Å². The number of ketones is 1. The van der Waals surface area contributed by atoms with E-state index in [0.717, 1.165) is 0 Å². The van der Waals surface area contributed by atoms with Crippen LogP contribution >= 0.6 is 0 Å². The van der Waals surface area contributed by atoms with Gasteiger partial charge in [0, 0.05) is 17.3 Å². The quantitative estimate of drug-likeness (QED) is 0.776. The molecule has 2 nitrogen and oxygen atoms in total. The molecule has 0 amide bonds. The summed E-state index contributed by atoms with van der Waals surface area (Å²) in [4.78, 5) is 16.0. The number of alkyl halides is 2. The second-order valence-corrected chi connectivity index (χ2v) is 3.92. The largest absolute Gasteiger partial charge is 0.287 e. The molecule has 0 saturated carbocycles. The molecule has 0 aliphatic heterocycles. The van der Waals surface area contributed by atoms with Crippen LogP contribution < -0.4 is 0 Å². The SMILES string of the molecule is Cc1cc(C(=O)c2ccccn2)ccc1C(F)F. The van der Waals surface area contributed by atoms with Crippen LogP contribution in [0.1, 0.15) is 33.6 Å². The summed E-state index contributed by atoms with van der Waals surface area (Å²) in [6.07, 6.45) is -1.00. The summed E-state index contributed by atoms with van der Waals surface area (Å²) in [6, 6.07) is 9.18. The monoisotopic (exact) mass is 247 g/mol. The second kappa shape index (κ2) is 5.04. The summed E-state index contributed by atoms with van der Waals surface area (Å²) in [6.45, 7) is 1.57. The molecule has 2 rings (SSSR count). The van der Waals surface area contributed by atoms with Gasteiger partial charge in [-0.2, -0.15) is 0 Å². The number of nitrogens with zero attached hydrogens (tertiary/aromatic N) is 1. The van der Waals surface area contributed by atoms with Crippen LogP contribution in [0.5, 0.6) is 0 Å². The van der Waals surface area contributed by atoms with Crippen molar-refractivity contribution in [3.05, 3.63) is 65.0 Å². The summed E-state index contributed by atoms with van der Waals surface area (Å²) in [7, 11) is 0. The third-order valence-electron chi connectivity index (χ3n) is 2.66. The van der Waals surface area contributed by atoms with Gasteiger partial charge in [-0.25, -0.2) is 8.78 Å². The van der Waals surface area contributed by atoms with E-state index in [1.54, 1.807) is 25.1 Å². The average molecular weight is 247 g/mol. The van der Waals surface area contributed by atoms with Crippen molar-refractivity contribution in [2.75, 3.05) is 0 Å². The molecule has 1 heterocycles. The Morgan fingerprint density at radius 2 is 2.00 bits per heavy atom. The maximum atomic E-state index is 12.6. The molecule has 0 aliphatic carbocycles. The summed E-state index contributed by atoms with van der Waals surface area (Å²) in [5.74, 6) is -0.264. The lowest BCUT2D eigenvalue weighted by molar-refractivity contribution is 0.103. The van der Waals surface area contributed by atoms with E-state index < -0.39 is 6.43 Å². The van der Waals surface area contributed by atoms with Gasteiger partial charge < -0.3 is 0 Å². The predicted octanol–water partition coefficient (Wildman–Crippen LogP) is 3.56. The normalized spacial score (nSPS) is 10.7. The van der Waals surface area contributed by atoms with E-state index in [-0.39, 0.29) is 11.3 Å². The Balaban J connectivity index is 2.36. The van der Waals surface area contributed by atoms with Crippen molar-refractivity contribution in [2.45, 2.75) is 13.3 Å². The van der Waals surface area contributed by atoms with Gasteiger partial charge in [0.1, 0.15) is 5.69 Å². The fourth-order valence-corrected chi connectivity index (χ4v) is 1.71. The number of rotatable bonds is 3. The van der Waals surface area contributed by atoms with Gasteiger partial charge in [-0.3, -0.25) is 9.78 Å². The molecule has 0 aliphatic rings. The number of aryl methyl sites for hydroxylation is 1. The lowest BCUT2D eigenvalue weighted by atomic mass is 10.0. The van der Waals surface area contributed by atoms with E-state index in [2.05, 4.69) is 4.98 Å². The smallest absolute Gasteiger partial charge is 0.264 e. The second-order valence-electron chi connectivity index (χ2n) is 3.92. The molecule has 1 aromatic heterocycles. The first kappa shape index (κ1) is 12.4. The zero-order chi connectivity index (χ0) is 13.1. The fourth-order valence-electron chi connectivity index (χ4n) is 1.71. The topological polar surface area (TPSA) is 30.0 Å². The summed E-state index contributed by atoms with van der Waals surface area (Å²) in [5.41, 5.74) is 1.04. The van der Waals surface area contributed by atoms with E-state index in [1.165, 1.54) is 24.4 Å².